The summed E-state index contributed by atoms with van der Waals surface area (Å²) in [7, 11) is 3.00. The molecule has 0 spiro atoms. The van der Waals surface area contributed by atoms with E-state index in [1.807, 2.05) is 0 Å². The highest BCUT2D eigenvalue weighted by Crippen LogP contribution is 2.29. The molecule has 0 aromatic heterocycles. The summed E-state index contributed by atoms with van der Waals surface area (Å²) in [5.74, 6) is -0.112. The van der Waals surface area contributed by atoms with E-state index in [2.05, 4.69) is 5.32 Å². The highest BCUT2D eigenvalue weighted by atomic mass is 35.5. The summed E-state index contributed by atoms with van der Waals surface area (Å²) >= 11 is 12.0. The van der Waals surface area contributed by atoms with E-state index in [0.717, 1.165) is 0 Å². The molecule has 1 amide bonds. The Morgan fingerprint density at radius 2 is 1.73 bits per heavy atom. The van der Waals surface area contributed by atoms with Crippen molar-refractivity contribution in [2.24, 2.45) is 0 Å². The first-order chi connectivity index (χ1) is 12.4. The normalized spacial score (nSPS) is 10.2. The van der Waals surface area contributed by atoms with Crippen LogP contribution in [-0.2, 0) is 20.7 Å². The van der Waals surface area contributed by atoms with Crippen LogP contribution in [0, 0.1) is 0 Å². The number of hydrogen-bond acceptors (Lipinski definition) is 5. The molecule has 0 fully saturated rings. The third-order valence-corrected chi connectivity index (χ3v) is 4.14. The minimum Gasteiger partial charge on any atom is -0.497 e. The van der Waals surface area contributed by atoms with Gasteiger partial charge >= 0.3 is 5.97 Å². The first kappa shape index (κ1) is 19.9. The average Bonchev–Trinajstić information content (AvgIpc) is 2.63. The molecule has 0 saturated carbocycles. The van der Waals surface area contributed by atoms with Crippen LogP contribution in [0.15, 0.2) is 36.4 Å². The second kappa shape index (κ2) is 9.31. The van der Waals surface area contributed by atoms with Crippen LogP contribution in [0.25, 0.3) is 0 Å². The molecule has 0 unspecified atom stereocenters. The van der Waals surface area contributed by atoms with Gasteiger partial charge in [-0.1, -0.05) is 29.3 Å². The second-order valence-electron chi connectivity index (χ2n) is 5.15. The van der Waals surface area contributed by atoms with Crippen molar-refractivity contribution in [3.63, 3.8) is 0 Å². The number of carbonyl (C=O) groups excluding carboxylic acids is 2. The minimum atomic E-state index is -0.614. The van der Waals surface area contributed by atoms with E-state index in [0.29, 0.717) is 32.8 Å². The summed E-state index contributed by atoms with van der Waals surface area (Å²) < 4.78 is 15.3. The van der Waals surface area contributed by atoms with E-state index in [-0.39, 0.29) is 6.42 Å². The van der Waals surface area contributed by atoms with Gasteiger partial charge in [0.2, 0.25) is 0 Å². The van der Waals surface area contributed by atoms with Crippen LogP contribution >= 0.6 is 23.2 Å². The number of halogens is 2. The second-order valence-corrected chi connectivity index (χ2v) is 5.97. The van der Waals surface area contributed by atoms with Gasteiger partial charge in [-0.3, -0.25) is 9.59 Å². The zero-order valence-electron chi connectivity index (χ0n) is 14.2. The smallest absolute Gasteiger partial charge is 0.310 e. The number of rotatable bonds is 7. The van der Waals surface area contributed by atoms with E-state index < -0.39 is 18.5 Å². The number of methoxy groups -OCH3 is 2. The lowest BCUT2D eigenvalue weighted by molar-refractivity contribution is -0.146. The number of carbonyl (C=O) groups is 2. The Labute approximate surface area is 160 Å². The summed E-state index contributed by atoms with van der Waals surface area (Å²) in [4.78, 5) is 23.9. The van der Waals surface area contributed by atoms with Crippen molar-refractivity contribution in [3.05, 3.63) is 52.0 Å². The Kier molecular flexibility index (Phi) is 7.12. The summed E-state index contributed by atoms with van der Waals surface area (Å²) in [6.45, 7) is -0.448. The van der Waals surface area contributed by atoms with Crippen LogP contribution in [0.4, 0.5) is 5.69 Å². The predicted molar refractivity (Wildman–Crippen MR) is 99.3 cm³/mol. The molecule has 138 valence electrons. The van der Waals surface area contributed by atoms with Gasteiger partial charge in [0.1, 0.15) is 11.5 Å². The first-order valence-corrected chi connectivity index (χ1v) is 8.30. The topological polar surface area (TPSA) is 73.9 Å². The summed E-state index contributed by atoms with van der Waals surface area (Å²) in [6.07, 6.45) is -0.127. The van der Waals surface area contributed by atoms with Crippen molar-refractivity contribution >= 4 is 40.8 Å². The Morgan fingerprint density at radius 1 is 1.04 bits per heavy atom. The van der Waals surface area contributed by atoms with Gasteiger partial charge in [-0.05, 0) is 24.3 Å². The molecule has 0 aliphatic heterocycles. The maximum atomic E-state index is 12.0. The van der Waals surface area contributed by atoms with Crippen molar-refractivity contribution < 1.29 is 23.8 Å². The lowest BCUT2D eigenvalue weighted by atomic mass is 10.1. The van der Waals surface area contributed by atoms with Gasteiger partial charge in [-0.15, -0.1) is 0 Å². The molecule has 0 aliphatic carbocycles. The summed E-state index contributed by atoms with van der Waals surface area (Å²) in [6, 6.07) is 9.85. The Bertz CT molecular complexity index is 790. The minimum absolute atomic E-state index is 0.127. The fourth-order valence-corrected chi connectivity index (χ4v) is 2.66. The number of ether oxygens (including phenoxy) is 3. The highest BCUT2D eigenvalue weighted by Gasteiger charge is 2.14. The molecular weight excluding hydrogens is 381 g/mol. The van der Waals surface area contributed by atoms with Crippen LogP contribution in [0.3, 0.4) is 0 Å². The van der Waals surface area contributed by atoms with E-state index in [9.17, 15) is 9.59 Å². The number of amides is 1. The molecule has 8 heteroatoms. The van der Waals surface area contributed by atoms with Gasteiger partial charge < -0.3 is 19.5 Å². The number of benzene rings is 2. The molecule has 6 nitrogen and oxygen atoms in total. The van der Waals surface area contributed by atoms with Crippen molar-refractivity contribution in [1.29, 1.82) is 0 Å². The van der Waals surface area contributed by atoms with Gasteiger partial charge in [0.05, 0.1) is 26.3 Å². The van der Waals surface area contributed by atoms with E-state index in [1.54, 1.807) is 36.4 Å². The SMILES string of the molecule is COc1ccc(NC(=O)COC(=O)Cc2c(Cl)cccc2Cl)c(OC)c1. The molecule has 2 aromatic rings. The Morgan fingerprint density at radius 3 is 2.35 bits per heavy atom. The number of esters is 1. The molecular formula is C18H17Cl2NO5. The van der Waals surface area contributed by atoms with E-state index in [1.165, 1.54) is 14.2 Å². The van der Waals surface area contributed by atoms with Crippen molar-refractivity contribution in [2.45, 2.75) is 6.42 Å². The number of hydrogen-bond donors (Lipinski definition) is 1. The third-order valence-electron chi connectivity index (χ3n) is 3.43. The van der Waals surface area contributed by atoms with Gasteiger partial charge in [0, 0.05) is 21.7 Å². The summed E-state index contributed by atoms with van der Waals surface area (Å²) in [5, 5.41) is 3.33. The third kappa shape index (κ3) is 5.28. The molecule has 0 saturated heterocycles. The van der Waals surface area contributed by atoms with Crippen LogP contribution in [-0.4, -0.2) is 32.7 Å². The molecule has 0 aliphatic rings. The number of anilines is 1. The Balaban J connectivity index is 1.91. The van der Waals surface area contributed by atoms with Crippen LogP contribution in [0.2, 0.25) is 10.0 Å². The van der Waals surface area contributed by atoms with Crippen LogP contribution in [0.1, 0.15) is 5.56 Å². The average molecular weight is 398 g/mol. The maximum absolute atomic E-state index is 12.0. The molecule has 0 bridgehead atoms. The van der Waals surface area contributed by atoms with Gasteiger partial charge in [0.25, 0.3) is 5.91 Å². The molecule has 0 heterocycles. The molecule has 26 heavy (non-hydrogen) atoms. The number of nitrogens with one attached hydrogen (secondary N) is 1. The standard InChI is InChI=1S/C18H17Cl2NO5/c1-24-11-6-7-15(16(8-11)25-2)21-17(22)10-26-18(23)9-12-13(19)4-3-5-14(12)20/h3-8H,9-10H2,1-2H3,(H,21,22). The van der Waals surface area contributed by atoms with Crippen molar-refractivity contribution in [3.8, 4) is 11.5 Å². The molecule has 1 N–H and O–H groups in total. The molecule has 0 atom stereocenters. The molecule has 2 aromatic carbocycles. The fourth-order valence-electron chi connectivity index (χ4n) is 2.13. The van der Waals surface area contributed by atoms with Gasteiger partial charge in [-0.2, -0.15) is 0 Å². The fraction of sp³-hybridized carbons (Fsp3) is 0.222. The van der Waals surface area contributed by atoms with E-state index in [4.69, 9.17) is 37.4 Å². The van der Waals surface area contributed by atoms with E-state index >= 15 is 0 Å². The monoisotopic (exact) mass is 397 g/mol. The van der Waals surface area contributed by atoms with Gasteiger partial charge in [-0.25, -0.2) is 0 Å². The van der Waals surface area contributed by atoms with Gasteiger partial charge in [0.15, 0.2) is 6.61 Å². The first-order valence-electron chi connectivity index (χ1n) is 7.55. The largest absolute Gasteiger partial charge is 0.497 e. The maximum Gasteiger partial charge on any atom is 0.310 e. The Hall–Kier alpha value is -2.44. The zero-order chi connectivity index (χ0) is 19.1. The van der Waals surface area contributed by atoms with Crippen molar-refractivity contribution in [2.75, 3.05) is 26.1 Å². The lowest BCUT2D eigenvalue weighted by Crippen LogP contribution is -2.22. The van der Waals surface area contributed by atoms with Crippen LogP contribution in [0.5, 0.6) is 11.5 Å². The summed E-state index contributed by atoms with van der Waals surface area (Å²) in [5.41, 5.74) is 0.890. The quantitative estimate of drug-likeness (QED) is 0.720. The molecule has 2 rings (SSSR count). The van der Waals surface area contributed by atoms with Crippen molar-refractivity contribution in [1.82, 2.24) is 0 Å². The lowest BCUT2D eigenvalue weighted by Gasteiger charge is -2.12. The zero-order valence-corrected chi connectivity index (χ0v) is 15.7. The highest BCUT2D eigenvalue weighted by molar-refractivity contribution is 6.36. The molecule has 0 radical (unpaired) electrons. The predicted octanol–water partition coefficient (Wildman–Crippen LogP) is 3.74. The van der Waals surface area contributed by atoms with Crippen LogP contribution < -0.4 is 14.8 Å².